The van der Waals surface area contributed by atoms with Gasteiger partial charge in [0.2, 0.25) is 0 Å². The van der Waals surface area contributed by atoms with Crippen molar-refractivity contribution in [1.82, 2.24) is 16.0 Å². The fourth-order valence-corrected chi connectivity index (χ4v) is 2.68. The summed E-state index contributed by atoms with van der Waals surface area (Å²) < 4.78 is 14.1. The topological polar surface area (TPSA) is 53.2 Å². The van der Waals surface area contributed by atoms with Crippen molar-refractivity contribution in [2.45, 2.75) is 13.0 Å². The van der Waals surface area contributed by atoms with Gasteiger partial charge in [0.15, 0.2) is 5.11 Å². The van der Waals surface area contributed by atoms with Gasteiger partial charge in [0.25, 0.3) is 5.91 Å². The van der Waals surface area contributed by atoms with Crippen LogP contribution in [0.25, 0.3) is 0 Å². The third kappa shape index (κ3) is 2.62. The van der Waals surface area contributed by atoms with E-state index in [9.17, 15) is 9.18 Å². The van der Waals surface area contributed by atoms with Crippen LogP contribution in [0.2, 0.25) is 5.02 Å². The number of allylic oxidation sites excluding steroid dienone is 1. The fraction of sp³-hybridized carbons (Fsp3) is 0.231. The number of halogens is 2. The Bertz CT molecular complexity index is 597. The zero-order chi connectivity index (χ0) is 14.9. The summed E-state index contributed by atoms with van der Waals surface area (Å²) in [4.78, 5) is 12.0. The molecule has 0 fully saturated rings. The van der Waals surface area contributed by atoms with Crippen molar-refractivity contribution in [3.63, 3.8) is 0 Å². The highest BCUT2D eigenvalue weighted by Crippen LogP contribution is 2.33. The van der Waals surface area contributed by atoms with E-state index in [1.807, 2.05) is 0 Å². The van der Waals surface area contributed by atoms with Gasteiger partial charge >= 0.3 is 0 Å². The zero-order valence-corrected chi connectivity index (χ0v) is 12.5. The molecule has 1 aromatic carbocycles. The quantitative estimate of drug-likeness (QED) is 0.731. The van der Waals surface area contributed by atoms with Crippen molar-refractivity contribution in [2.75, 3.05) is 7.05 Å². The maximum absolute atomic E-state index is 14.1. The molecular weight excluding hydrogens is 301 g/mol. The Hall–Kier alpha value is -1.66. The number of amides is 1. The van der Waals surface area contributed by atoms with Crippen LogP contribution in [0.5, 0.6) is 0 Å². The minimum Gasteiger partial charge on any atom is -0.355 e. The van der Waals surface area contributed by atoms with Gasteiger partial charge in [-0.3, -0.25) is 4.79 Å². The summed E-state index contributed by atoms with van der Waals surface area (Å²) in [5, 5.41) is 8.83. The summed E-state index contributed by atoms with van der Waals surface area (Å²) in [7, 11) is 1.51. The molecular formula is C13H13ClFN3OS. The summed E-state index contributed by atoms with van der Waals surface area (Å²) in [5.74, 6) is -0.816. The molecule has 106 valence electrons. The van der Waals surface area contributed by atoms with Crippen molar-refractivity contribution in [1.29, 1.82) is 0 Å². The Morgan fingerprint density at radius 1 is 1.50 bits per heavy atom. The predicted octanol–water partition coefficient (Wildman–Crippen LogP) is 2.02. The van der Waals surface area contributed by atoms with Crippen molar-refractivity contribution >= 4 is 34.8 Å². The molecule has 0 spiro atoms. The molecule has 0 unspecified atom stereocenters. The monoisotopic (exact) mass is 313 g/mol. The number of nitrogens with one attached hydrogen (secondary N) is 3. The van der Waals surface area contributed by atoms with Crippen LogP contribution in [0.4, 0.5) is 4.39 Å². The third-order valence-corrected chi connectivity index (χ3v) is 3.58. The third-order valence-electron chi connectivity index (χ3n) is 3.03. The number of benzene rings is 1. The average Bonchev–Trinajstić information content (AvgIpc) is 2.37. The first-order valence-corrected chi connectivity index (χ1v) is 6.68. The first-order valence-electron chi connectivity index (χ1n) is 5.90. The van der Waals surface area contributed by atoms with Crippen molar-refractivity contribution < 1.29 is 9.18 Å². The van der Waals surface area contributed by atoms with Gasteiger partial charge in [0.1, 0.15) is 5.82 Å². The minimum atomic E-state index is -0.725. The van der Waals surface area contributed by atoms with Gasteiger partial charge in [-0.1, -0.05) is 17.7 Å². The Morgan fingerprint density at radius 2 is 2.20 bits per heavy atom. The van der Waals surface area contributed by atoms with Gasteiger partial charge in [-0.2, -0.15) is 0 Å². The van der Waals surface area contributed by atoms with E-state index in [0.29, 0.717) is 16.4 Å². The van der Waals surface area contributed by atoms with E-state index >= 15 is 0 Å². The van der Waals surface area contributed by atoms with Gasteiger partial charge in [-0.15, -0.1) is 0 Å². The lowest BCUT2D eigenvalue weighted by Gasteiger charge is -2.30. The lowest BCUT2D eigenvalue weighted by molar-refractivity contribution is -0.117. The molecule has 1 aliphatic heterocycles. The highest BCUT2D eigenvalue weighted by molar-refractivity contribution is 7.80. The highest BCUT2D eigenvalue weighted by Gasteiger charge is 2.32. The van der Waals surface area contributed by atoms with Crippen LogP contribution in [0.3, 0.4) is 0 Å². The Kier molecular flexibility index (Phi) is 4.25. The Balaban J connectivity index is 2.60. The second-order valence-electron chi connectivity index (χ2n) is 4.28. The highest BCUT2D eigenvalue weighted by atomic mass is 35.5. The summed E-state index contributed by atoms with van der Waals surface area (Å²) in [6, 6.07) is 3.66. The van der Waals surface area contributed by atoms with Gasteiger partial charge < -0.3 is 16.0 Å². The van der Waals surface area contributed by atoms with E-state index in [2.05, 4.69) is 16.0 Å². The van der Waals surface area contributed by atoms with Gasteiger partial charge in [0.05, 0.1) is 11.6 Å². The fourth-order valence-electron chi connectivity index (χ4n) is 2.13. The SMILES string of the molecule is CNC(=O)C1=C(C)NC(=S)N[C@H]1c1c(F)cccc1Cl. The summed E-state index contributed by atoms with van der Waals surface area (Å²) in [5.41, 5.74) is 1.13. The van der Waals surface area contributed by atoms with Crippen molar-refractivity contribution in [3.05, 3.63) is 45.9 Å². The summed E-state index contributed by atoms with van der Waals surface area (Å²) in [6.07, 6.45) is 0. The van der Waals surface area contributed by atoms with E-state index in [-0.39, 0.29) is 16.5 Å². The number of rotatable bonds is 2. The molecule has 1 atom stereocenters. The second kappa shape index (κ2) is 5.76. The second-order valence-corrected chi connectivity index (χ2v) is 5.10. The Morgan fingerprint density at radius 3 is 2.80 bits per heavy atom. The number of hydrogen-bond donors (Lipinski definition) is 3. The number of carbonyl (C=O) groups is 1. The van der Waals surface area contributed by atoms with Crippen LogP contribution in [-0.2, 0) is 4.79 Å². The van der Waals surface area contributed by atoms with Gasteiger partial charge in [0, 0.05) is 23.3 Å². The maximum atomic E-state index is 14.1. The number of thiocarbonyl (C=S) groups is 1. The van der Waals surface area contributed by atoms with E-state index in [4.69, 9.17) is 23.8 Å². The van der Waals surface area contributed by atoms with Crippen LogP contribution >= 0.6 is 23.8 Å². The molecule has 0 radical (unpaired) electrons. The van der Waals surface area contributed by atoms with E-state index in [1.54, 1.807) is 13.0 Å². The van der Waals surface area contributed by atoms with E-state index in [1.165, 1.54) is 19.2 Å². The molecule has 0 aromatic heterocycles. The molecule has 3 N–H and O–H groups in total. The van der Waals surface area contributed by atoms with E-state index < -0.39 is 11.9 Å². The molecule has 0 saturated carbocycles. The lowest BCUT2D eigenvalue weighted by Crippen LogP contribution is -2.46. The molecule has 0 bridgehead atoms. The van der Waals surface area contributed by atoms with Crippen molar-refractivity contribution in [2.24, 2.45) is 0 Å². The van der Waals surface area contributed by atoms with Crippen LogP contribution in [0, 0.1) is 5.82 Å². The number of hydrogen-bond acceptors (Lipinski definition) is 2. The van der Waals surface area contributed by atoms with E-state index in [0.717, 1.165) is 0 Å². The first-order chi connectivity index (χ1) is 9.45. The molecule has 1 aliphatic rings. The largest absolute Gasteiger partial charge is 0.355 e. The smallest absolute Gasteiger partial charge is 0.251 e. The zero-order valence-electron chi connectivity index (χ0n) is 10.9. The molecule has 20 heavy (non-hydrogen) atoms. The van der Waals surface area contributed by atoms with Gasteiger partial charge in [-0.05, 0) is 31.3 Å². The van der Waals surface area contributed by atoms with Crippen LogP contribution < -0.4 is 16.0 Å². The molecule has 1 amide bonds. The van der Waals surface area contributed by atoms with Crippen molar-refractivity contribution in [3.8, 4) is 0 Å². The maximum Gasteiger partial charge on any atom is 0.251 e. The minimum absolute atomic E-state index is 0.205. The average molecular weight is 314 g/mol. The molecule has 0 aliphatic carbocycles. The molecule has 1 aromatic rings. The van der Waals surface area contributed by atoms with Crippen LogP contribution in [-0.4, -0.2) is 18.1 Å². The standard InChI is InChI=1S/C13H13ClFN3OS/c1-6-9(12(19)16-2)11(18-13(20)17-6)10-7(14)4-3-5-8(10)15/h3-5,11H,1-2H3,(H,16,19)(H2,17,18,20)/t11-/m1/s1. The van der Waals surface area contributed by atoms with Crippen LogP contribution in [0.1, 0.15) is 18.5 Å². The molecule has 2 rings (SSSR count). The first kappa shape index (κ1) is 14.7. The summed E-state index contributed by atoms with van der Waals surface area (Å²) >= 11 is 11.1. The summed E-state index contributed by atoms with van der Waals surface area (Å²) in [6.45, 7) is 1.71. The number of likely N-dealkylation sites (N-methyl/N-ethyl adjacent to an activating group) is 1. The molecule has 1 heterocycles. The lowest BCUT2D eigenvalue weighted by atomic mass is 9.94. The predicted molar refractivity (Wildman–Crippen MR) is 79.8 cm³/mol. The molecule has 4 nitrogen and oxygen atoms in total. The number of carbonyl (C=O) groups excluding carboxylic acids is 1. The molecule has 0 saturated heterocycles. The molecule has 7 heteroatoms. The Labute approximate surface area is 126 Å². The normalized spacial score (nSPS) is 18.4. The van der Waals surface area contributed by atoms with Crippen LogP contribution in [0.15, 0.2) is 29.5 Å². The van der Waals surface area contributed by atoms with Gasteiger partial charge in [-0.25, -0.2) is 4.39 Å².